The van der Waals surface area contributed by atoms with Crippen molar-refractivity contribution in [2.75, 3.05) is 19.6 Å². The fourth-order valence-electron chi connectivity index (χ4n) is 3.31. The van der Waals surface area contributed by atoms with Gasteiger partial charge in [-0.1, -0.05) is 30.0 Å². The van der Waals surface area contributed by atoms with Crippen LogP contribution in [0.2, 0.25) is 0 Å². The molecule has 5 nitrogen and oxygen atoms in total. The number of aryl methyl sites for hydroxylation is 1. The van der Waals surface area contributed by atoms with Gasteiger partial charge in [-0.3, -0.25) is 4.79 Å². The van der Waals surface area contributed by atoms with E-state index in [1.54, 1.807) is 24.3 Å². The third-order valence-electron chi connectivity index (χ3n) is 5.06. The molecule has 1 aliphatic rings. The molecule has 32 heavy (non-hydrogen) atoms. The number of rotatable bonds is 6. The van der Waals surface area contributed by atoms with E-state index in [2.05, 4.69) is 17.2 Å². The number of hydrogen-bond acceptors (Lipinski definition) is 3. The lowest BCUT2D eigenvalue weighted by Crippen LogP contribution is -2.27. The summed E-state index contributed by atoms with van der Waals surface area (Å²) in [6.45, 7) is 1.10. The van der Waals surface area contributed by atoms with Crippen LogP contribution in [0.5, 0.6) is 0 Å². The van der Waals surface area contributed by atoms with Crippen molar-refractivity contribution in [1.82, 2.24) is 9.62 Å². The van der Waals surface area contributed by atoms with E-state index < -0.39 is 21.8 Å². The van der Waals surface area contributed by atoms with Crippen LogP contribution in [0, 0.1) is 11.8 Å². The standard InChI is InChI=1S/C23H23F3N2O3S/c24-23(25,26)20-7-3-5-19(17-20)6-4-14-27-22(29)13-10-18-8-11-21(12-9-18)32(30,31)28-15-1-2-16-28/h3,5,7-9,11-12,17H,1-2,10,13-16H2,(H,27,29). The van der Waals surface area contributed by atoms with E-state index in [4.69, 9.17) is 0 Å². The minimum Gasteiger partial charge on any atom is -0.345 e. The van der Waals surface area contributed by atoms with Gasteiger partial charge >= 0.3 is 6.18 Å². The second-order valence-electron chi connectivity index (χ2n) is 7.41. The lowest BCUT2D eigenvalue weighted by Gasteiger charge is -2.15. The van der Waals surface area contributed by atoms with Gasteiger partial charge in [-0.25, -0.2) is 8.42 Å². The van der Waals surface area contributed by atoms with Crippen molar-refractivity contribution in [2.45, 2.75) is 36.8 Å². The van der Waals surface area contributed by atoms with Crippen molar-refractivity contribution in [3.05, 3.63) is 65.2 Å². The summed E-state index contributed by atoms with van der Waals surface area (Å²) < 4.78 is 64.6. The number of nitrogens with one attached hydrogen (secondary N) is 1. The Bertz CT molecular complexity index is 1110. The number of hydrogen-bond donors (Lipinski definition) is 1. The van der Waals surface area contributed by atoms with Crippen molar-refractivity contribution in [1.29, 1.82) is 0 Å². The van der Waals surface area contributed by atoms with Crippen molar-refractivity contribution in [3.63, 3.8) is 0 Å². The van der Waals surface area contributed by atoms with E-state index in [1.807, 2.05) is 0 Å². The minimum atomic E-state index is -4.43. The molecule has 1 heterocycles. The summed E-state index contributed by atoms with van der Waals surface area (Å²) in [5.74, 6) is 4.99. The van der Waals surface area contributed by atoms with Crippen LogP contribution in [0.3, 0.4) is 0 Å². The van der Waals surface area contributed by atoms with Gasteiger partial charge in [0.15, 0.2) is 0 Å². The molecule has 0 atom stereocenters. The van der Waals surface area contributed by atoms with Gasteiger partial charge in [0.2, 0.25) is 15.9 Å². The minimum absolute atomic E-state index is 0.0160. The molecule has 1 N–H and O–H groups in total. The Morgan fingerprint density at radius 3 is 2.41 bits per heavy atom. The molecule has 0 saturated carbocycles. The third-order valence-corrected chi connectivity index (χ3v) is 6.98. The topological polar surface area (TPSA) is 66.5 Å². The summed E-state index contributed by atoms with van der Waals surface area (Å²) in [6.07, 6.45) is -2.07. The van der Waals surface area contributed by atoms with Crippen LogP contribution in [-0.2, 0) is 27.4 Å². The number of benzene rings is 2. The Morgan fingerprint density at radius 1 is 1.06 bits per heavy atom. The highest BCUT2D eigenvalue weighted by Crippen LogP contribution is 2.29. The molecule has 0 aliphatic carbocycles. The second-order valence-corrected chi connectivity index (χ2v) is 9.35. The molecule has 3 rings (SSSR count). The number of carbonyl (C=O) groups is 1. The predicted octanol–water partition coefficient (Wildman–Crippen LogP) is 3.59. The van der Waals surface area contributed by atoms with Gasteiger partial charge in [0.25, 0.3) is 0 Å². The lowest BCUT2D eigenvalue weighted by atomic mass is 10.1. The van der Waals surface area contributed by atoms with Gasteiger partial charge < -0.3 is 5.32 Å². The van der Waals surface area contributed by atoms with E-state index in [9.17, 15) is 26.4 Å². The zero-order chi connectivity index (χ0) is 23.2. The van der Waals surface area contributed by atoms with E-state index in [1.165, 1.54) is 16.4 Å². The monoisotopic (exact) mass is 464 g/mol. The summed E-state index contributed by atoms with van der Waals surface area (Å²) in [6, 6.07) is 11.2. The highest BCUT2D eigenvalue weighted by atomic mass is 32.2. The number of sulfonamides is 1. The van der Waals surface area contributed by atoms with Crippen LogP contribution in [0.4, 0.5) is 13.2 Å². The molecule has 170 valence electrons. The molecule has 2 aromatic rings. The van der Waals surface area contributed by atoms with Gasteiger partial charge in [-0.15, -0.1) is 0 Å². The highest BCUT2D eigenvalue weighted by Gasteiger charge is 2.30. The fraction of sp³-hybridized carbons (Fsp3) is 0.348. The Balaban J connectivity index is 1.46. The quantitative estimate of drug-likeness (QED) is 0.665. The smallest absolute Gasteiger partial charge is 0.345 e. The van der Waals surface area contributed by atoms with Gasteiger partial charge in [-0.2, -0.15) is 17.5 Å². The Kier molecular flexibility index (Phi) is 7.59. The maximum absolute atomic E-state index is 12.7. The first-order valence-electron chi connectivity index (χ1n) is 10.2. The predicted molar refractivity (Wildman–Crippen MR) is 114 cm³/mol. The number of carbonyl (C=O) groups excluding carboxylic acids is 1. The van der Waals surface area contributed by atoms with Crippen LogP contribution >= 0.6 is 0 Å². The van der Waals surface area contributed by atoms with Crippen molar-refractivity contribution >= 4 is 15.9 Å². The van der Waals surface area contributed by atoms with E-state index in [0.29, 0.717) is 19.5 Å². The van der Waals surface area contributed by atoms with Crippen molar-refractivity contribution < 1.29 is 26.4 Å². The molecule has 1 amide bonds. The molecule has 9 heteroatoms. The largest absolute Gasteiger partial charge is 0.416 e. The number of alkyl halides is 3. The van der Waals surface area contributed by atoms with Gasteiger partial charge in [0.1, 0.15) is 0 Å². The average molecular weight is 465 g/mol. The van der Waals surface area contributed by atoms with Crippen LogP contribution < -0.4 is 5.32 Å². The fourth-order valence-corrected chi connectivity index (χ4v) is 4.83. The molecule has 1 fully saturated rings. The van der Waals surface area contributed by atoms with E-state index >= 15 is 0 Å². The van der Waals surface area contributed by atoms with E-state index in [-0.39, 0.29) is 29.3 Å². The van der Waals surface area contributed by atoms with Crippen LogP contribution in [0.15, 0.2) is 53.4 Å². The average Bonchev–Trinajstić information content (AvgIpc) is 3.31. The number of amides is 1. The normalized spacial score (nSPS) is 14.6. The Hall–Kier alpha value is -2.83. The summed E-state index contributed by atoms with van der Waals surface area (Å²) in [4.78, 5) is 12.2. The van der Waals surface area contributed by atoms with E-state index in [0.717, 1.165) is 30.5 Å². The van der Waals surface area contributed by atoms with Crippen molar-refractivity contribution in [3.8, 4) is 11.8 Å². The first-order chi connectivity index (χ1) is 15.2. The maximum atomic E-state index is 12.7. The van der Waals surface area contributed by atoms with Crippen LogP contribution in [0.25, 0.3) is 0 Å². The molecule has 0 aromatic heterocycles. The molecular weight excluding hydrogens is 441 g/mol. The summed E-state index contributed by atoms with van der Waals surface area (Å²) in [7, 11) is -3.46. The molecule has 2 aromatic carbocycles. The highest BCUT2D eigenvalue weighted by molar-refractivity contribution is 7.89. The molecule has 0 unspecified atom stereocenters. The molecule has 0 bridgehead atoms. The third kappa shape index (κ3) is 6.34. The molecule has 1 saturated heterocycles. The number of halogens is 3. The van der Waals surface area contributed by atoms with Gasteiger partial charge in [-0.05, 0) is 55.2 Å². The Morgan fingerprint density at radius 2 is 1.75 bits per heavy atom. The SMILES string of the molecule is O=C(CCc1ccc(S(=O)(=O)N2CCCC2)cc1)NCC#Cc1cccc(C(F)(F)F)c1. The molecule has 0 radical (unpaired) electrons. The molecule has 0 spiro atoms. The van der Waals surface area contributed by atoms with Crippen molar-refractivity contribution in [2.24, 2.45) is 0 Å². The lowest BCUT2D eigenvalue weighted by molar-refractivity contribution is -0.137. The zero-order valence-corrected chi connectivity index (χ0v) is 18.1. The van der Waals surface area contributed by atoms with Crippen LogP contribution in [0.1, 0.15) is 36.0 Å². The summed E-state index contributed by atoms with van der Waals surface area (Å²) in [5.41, 5.74) is 0.279. The van der Waals surface area contributed by atoms with Gasteiger partial charge in [0, 0.05) is 25.1 Å². The Labute approximate surface area is 185 Å². The first-order valence-corrected chi connectivity index (χ1v) is 11.6. The molecule has 1 aliphatic heterocycles. The molecular formula is C23H23F3N2O3S. The zero-order valence-electron chi connectivity index (χ0n) is 17.3. The maximum Gasteiger partial charge on any atom is 0.416 e. The van der Waals surface area contributed by atoms with Gasteiger partial charge in [0.05, 0.1) is 17.0 Å². The number of nitrogens with zero attached hydrogens (tertiary/aromatic N) is 1. The summed E-state index contributed by atoms with van der Waals surface area (Å²) >= 11 is 0. The summed E-state index contributed by atoms with van der Waals surface area (Å²) in [5, 5.41) is 2.60. The second kappa shape index (κ2) is 10.2. The van der Waals surface area contributed by atoms with Crippen LogP contribution in [-0.4, -0.2) is 38.3 Å². The first kappa shape index (κ1) is 23.8.